The number of carbonyl (C=O) groups excluding carboxylic acids is 1. The van der Waals surface area contributed by atoms with Gasteiger partial charge in [0.25, 0.3) is 0 Å². The molecule has 0 bridgehead atoms. The standard InChI is InChI=1S/C12H7Cl2NO/c13-10-7-6-9(12(14)15-10)11(16)8-4-2-1-3-5-8/h1-7H. The van der Waals surface area contributed by atoms with Gasteiger partial charge in [-0.3, -0.25) is 4.79 Å². The molecule has 1 aromatic heterocycles. The highest BCUT2D eigenvalue weighted by Gasteiger charge is 2.13. The smallest absolute Gasteiger partial charge is 0.196 e. The Balaban J connectivity index is 2.42. The number of hydrogen-bond donors (Lipinski definition) is 0. The number of hydrogen-bond acceptors (Lipinski definition) is 2. The molecule has 1 aromatic carbocycles. The summed E-state index contributed by atoms with van der Waals surface area (Å²) in [4.78, 5) is 15.8. The quantitative estimate of drug-likeness (QED) is 0.603. The lowest BCUT2D eigenvalue weighted by molar-refractivity contribution is 0.103. The molecule has 0 aliphatic rings. The van der Waals surface area contributed by atoms with Crippen LogP contribution >= 0.6 is 23.2 Å². The summed E-state index contributed by atoms with van der Waals surface area (Å²) in [6.07, 6.45) is 0. The summed E-state index contributed by atoms with van der Waals surface area (Å²) in [6, 6.07) is 12.0. The van der Waals surface area contributed by atoms with E-state index in [1.165, 1.54) is 0 Å². The Bertz CT molecular complexity index is 526. The van der Waals surface area contributed by atoms with Gasteiger partial charge in [0.2, 0.25) is 0 Å². The van der Waals surface area contributed by atoms with Gasteiger partial charge in [0.15, 0.2) is 5.78 Å². The van der Waals surface area contributed by atoms with Crippen molar-refractivity contribution in [2.45, 2.75) is 0 Å². The number of nitrogens with zero attached hydrogens (tertiary/aromatic N) is 1. The Kier molecular flexibility index (Phi) is 3.22. The second-order valence-electron chi connectivity index (χ2n) is 3.17. The van der Waals surface area contributed by atoms with E-state index >= 15 is 0 Å². The number of benzene rings is 1. The predicted molar refractivity (Wildman–Crippen MR) is 64.1 cm³/mol. The minimum absolute atomic E-state index is 0.126. The van der Waals surface area contributed by atoms with Gasteiger partial charge in [0.1, 0.15) is 10.3 Å². The van der Waals surface area contributed by atoms with Crippen molar-refractivity contribution >= 4 is 29.0 Å². The summed E-state index contributed by atoms with van der Waals surface area (Å²) in [6.45, 7) is 0. The first-order valence-corrected chi connectivity index (χ1v) is 5.36. The van der Waals surface area contributed by atoms with Crippen molar-refractivity contribution in [1.82, 2.24) is 4.98 Å². The molecule has 0 aliphatic carbocycles. The molecular formula is C12H7Cl2NO. The Labute approximate surface area is 103 Å². The van der Waals surface area contributed by atoms with Crippen molar-refractivity contribution in [3.63, 3.8) is 0 Å². The topological polar surface area (TPSA) is 30.0 Å². The number of halogens is 2. The van der Waals surface area contributed by atoms with Crippen LogP contribution in [-0.2, 0) is 0 Å². The van der Waals surface area contributed by atoms with E-state index in [9.17, 15) is 4.79 Å². The van der Waals surface area contributed by atoms with E-state index in [1.54, 1.807) is 36.4 Å². The molecule has 0 radical (unpaired) electrons. The molecular weight excluding hydrogens is 245 g/mol. The summed E-state index contributed by atoms with van der Waals surface area (Å²) in [5, 5.41) is 0.399. The first-order valence-electron chi connectivity index (χ1n) is 4.60. The summed E-state index contributed by atoms with van der Waals surface area (Å²) in [5.41, 5.74) is 0.936. The Morgan fingerprint density at radius 3 is 2.31 bits per heavy atom. The van der Waals surface area contributed by atoms with Crippen LogP contribution in [0, 0.1) is 0 Å². The molecule has 0 fully saturated rings. The lowest BCUT2D eigenvalue weighted by Crippen LogP contribution is -2.02. The van der Waals surface area contributed by atoms with Gasteiger partial charge in [-0.2, -0.15) is 0 Å². The maximum absolute atomic E-state index is 12.0. The van der Waals surface area contributed by atoms with Crippen LogP contribution in [0.2, 0.25) is 10.3 Å². The van der Waals surface area contributed by atoms with Crippen molar-refractivity contribution in [1.29, 1.82) is 0 Å². The third-order valence-electron chi connectivity index (χ3n) is 2.10. The van der Waals surface area contributed by atoms with Gasteiger partial charge in [0.05, 0.1) is 5.56 Å². The first-order chi connectivity index (χ1) is 7.68. The minimum atomic E-state index is -0.158. The average Bonchev–Trinajstić information content (AvgIpc) is 2.29. The molecule has 1 heterocycles. The van der Waals surface area contributed by atoms with Gasteiger partial charge in [0, 0.05) is 5.56 Å². The fraction of sp³-hybridized carbons (Fsp3) is 0. The monoisotopic (exact) mass is 251 g/mol. The van der Waals surface area contributed by atoms with Crippen LogP contribution in [0.3, 0.4) is 0 Å². The Morgan fingerprint density at radius 2 is 1.69 bits per heavy atom. The van der Waals surface area contributed by atoms with E-state index in [-0.39, 0.29) is 16.1 Å². The number of carbonyl (C=O) groups is 1. The van der Waals surface area contributed by atoms with Crippen molar-refractivity contribution in [3.05, 3.63) is 63.9 Å². The average molecular weight is 252 g/mol. The van der Waals surface area contributed by atoms with Gasteiger partial charge in [-0.25, -0.2) is 4.98 Å². The molecule has 2 aromatic rings. The number of aromatic nitrogens is 1. The molecule has 0 spiro atoms. The third kappa shape index (κ3) is 2.23. The fourth-order valence-electron chi connectivity index (χ4n) is 1.33. The van der Waals surface area contributed by atoms with Gasteiger partial charge in [-0.05, 0) is 12.1 Å². The van der Waals surface area contributed by atoms with Gasteiger partial charge in [-0.1, -0.05) is 53.5 Å². The molecule has 0 atom stereocenters. The lowest BCUT2D eigenvalue weighted by atomic mass is 10.1. The summed E-state index contributed by atoms with van der Waals surface area (Å²) in [7, 11) is 0. The zero-order valence-electron chi connectivity index (χ0n) is 8.15. The Morgan fingerprint density at radius 1 is 1.00 bits per heavy atom. The SMILES string of the molecule is O=C(c1ccccc1)c1ccc(Cl)nc1Cl. The van der Waals surface area contributed by atoms with E-state index in [1.807, 2.05) is 6.07 Å². The van der Waals surface area contributed by atoms with Crippen molar-refractivity contribution in [3.8, 4) is 0 Å². The normalized spacial score (nSPS) is 10.1. The van der Waals surface area contributed by atoms with Crippen LogP contribution in [0.1, 0.15) is 15.9 Å². The van der Waals surface area contributed by atoms with E-state index in [2.05, 4.69) is 4.98 Å². The van der Waals surface area contributed by atoms with Crippen molar-refractivity contribution in [2.75, 3.05) is 0 Å². The molecule has 2 nitrogen and oxygen atoms in total. The molecule has 0 saturated heterocycles. The second kappa shape index (κ2) is 4.64. The molecule has 0 N–H and O–H groups in total. The molecule has 16 heavy (non-hydrogen) atoms. The molecule has 4 heteroatoms. The Hall–Kier alpha value is -1.38. The zero-order valence-corrected chi connectivity index (χ0v) is 9.66. The maximum atomic E-state index is 12.0. The number of ketones is 1. The number of pyridine rings is 1. The van der Waals surface area contributed by atoms with E-state index < -0.39 is 0 Å². The van der Waals surface area contributed by atoms with Crippen LogP contribution in [0.5, 0.6) is 0 Å². The zero-order chi connectivity index (χ0) is 11.5. The van der Waals surface area contributed by atoms with E-state index in [0.29, 0.717) is 11.1 Å². The summed E-state index contributed by atoms with van der Waals surface area (Å²) >= 11 is 11.5. The summed E-state index contributed by atoms with van der Waals surface area (Å²) in [5.74, 6) is -0.158. The van der Waals surface area contributed by atoms with Crippen LogP contribution < -0.4 is 0 Å². The fourth-order valence-corrected chi connectivity index (χ4v) is 1.76. The van der Waals surface area contributed by atoms with Crippen LogP contribution in [0.4, 0.5) is 0 Å². The molecule has 0 aliphatic heterocycles. The van der Waals surface area contributed by atoms with E-state index in [4.69, 9.17) is 23.2 Å². The second-order valence-corrected chi connectivity index (χ2v) is 3.91. The first kappa shape index (κ1) is 11.1. The molecule has 0 amide bonds. The minimum Gasteiger partial charge on any atom is -0.288 e. The highest BCUT2D eigenvalue weighted by atomic mass is 35.5. The predicted octanol–water partition coefficient (Wildman–Crippen LogP) is 3.62. The highest BCUT2D eigenvalue weighted by molar-refractivity contribution is 6.35. The van der Waals surface area contributed by atoms with Gasteiger partial charge in [-0.15, -0.1) is 0 Å². The van der Waals surface area contributed by atoms with Crippen LogP contribution in [0.25, 0.3) is 0 Å². The van der Waals surface area contributed by atoms with E-state index in [0.717, 1.165) is 0 Å². The number of rotatable bonds is 2. The van der Waals surface area contributed by atoms with Crippen molar-refractivity contribution in [2.24, 2.45) is 0 Å². The molecule has 0 saturated carbocycles. The van der Waals surface area contributed by atoms with Crippen LogP contribution in [-0.4, -0.2) is 10.8 Å². The highest BCUT2D eigenvalue weighted by Crippen LogP contribution is 2.19. The lowest BCUT2D eigenvalue weighted by Gasteiger charge is -2.02. The third-order valence-corrected chi connectivity index (χ3v) is 2.59. The largest absolute Gasteiger partial charge is 0.288 e. The van der Waals surface area contributed by atoms with Crippen LogP contribution in [0.15, 0.2) is 42.5 Å². The molecule has 80 valence electrons. The van der Waals surface area contributed by atoms with Crippen molar-refractivity contribution < 1.29 is 4.79 Å². The molecule has 2 rings (SSSR count). The summed E-state index contributed by atoms with van der Waals surface area (Å²) < 4.78 is 0. The van der Waals surface area contributed by atoms with Gasteiger partial charge < -0.3 is 0 Å². The maximum Gasteiger partial charge on any atom is 0.196 e. The van der Waals surface area contributed by atoms with Gasteiger partial charge >= 0.3 is 0 Å². The molecule has 0 unspecified atom stereocenters.